The Bertz CT molecular complexity index is 1400. The highest BCUT2D eigenvalue weighted by molar-refractivity contribution is 5.81. The normalized spacial score (nSPS) is 14.0. The smallest absolute Gasteiger partial charge is 0.253 e. The van der Waals surface area contributed by atoms with E-state index >= 15 is 0 Å². The highest BCUT2D eigenvalue weighted by atomic mass is 16.4. The Hall–Kier alpha value is -4.31. The SMILES string of the molecule is CC(C)c1nnc(-c2cnc(Nc3ccc4c(c3)CN(C)C(=O)C4)nc2N[C@H](CO)c2ccccc2)o1. The number of hydrogen-bond donors (Lipinski definition) is 3. The van der Waals surface area contributed by atoms with Crippen LogP contribution in [0.2, 0.25) is 0 Å². The number of carbonyl (C=O) groups is 1. The molecule has 2 aromatic carbocycles. The topological polar surface area (TPSA) is 129 Å². The van der Waals surface area contributed by atoms with Gasteiger partial charge in [0.05, 0.1) is 24.6 Å². The van der Waals surface area contributed by atoms with Crippen LogP contribution in [-0.4, -0.2) is 49.7 Å². The van der Waals surface area contributed by atoms with Gasteiger partial charge in [-0.3, -0.25) is 4.79 Å². The zero-order chi connectivity index (χ0) is 25.9. The van der Waals surface area contributed by atoms with Gasteiger partial charge in [-0.15, -0.1) is 10.2 Å². The molecule has 3 N–H and O–H groups in total. The molecule has 0 spiro atoms. The predicted molar refractivity (Wildman–Crippen MR) is 139 cm³/mol. The van der Waals surface area contributed by atoms with Crippen molar-refractivity contribution in [3.8, 4) is 11.5 Å². The Balaban J connectivity index is 1.48. The number of nitrogens with one attached hydrogen (secondary N) is 2. The number of fused-ring (bicyclic) bond motifs is 1. The lowest BCUT2D eigenvalue weighted by Gasteiger charge is -2.25. The Labute approximate surface area is 214 Å². The summed E-state index contributed by atoms with van der Waals surface area (Å²) < 4.78 is 5.87. The number of rotatable bonds is 8. The van der Waals surface area contributed by atoms with E-state index in [-0.39, 0.29) is 18.4 Å². The standard InChI is InChI=1S/C27H29N7O3/c1-16(2)25-32-33-26(37-25)21-13-28-27(31-24(21)30-22(15-35)17-7-5-4-6-8-17)29-20-10-9-18-12-23(36)34(3)14-19(18)11-20/h4-11,13,16,22,35H,12,14-15H2,1-3H3,(H2,28,29,30,31)/t22-/m1/s1. The van der Waals surface area contributed by atoms with Crippen LogP contribution in [0, 0.1) is 0 Å². The van der Waals surface area contributed by atoms with Crippen LogP contribution < -0.4 is 10.6 Å². The maximum absolute atomic E-state index is 12.0. The largest absolute Gasteiger partial charge is 0.420 e. The fourth-order valence-corrected chi connectivity index (χ4v) is 4.16. The average Bonchev–Trinajstić information content (AvgIpc) is 3.39. The maximum Gasteiger partial charge on any atom is 0.253 e. The second-order valence-corrected chi connectivity index (χ2v) is 9.38. The third kappa shape index (κ3) is 5.29. The number of hydrogen-bond acceptors (Lipinski definition) is 9. The Morgan fingerprint density at radius 1 is 1.11 bits per heavy atom. The van der Waals surface area contributed by atoms with Crippen LogP contribution in [0.15, 0.2) is 59.1 Å². The molecule has 0 bridgehead atoms. The summed E-state index contributed by atoms with van der Waals surface area (Å²) in [6, 6.07) is 15.1. The number of likely N-dealkylation sites (N-methyl/N-ethyl adjacent to an activating group) is 1. The first-order valence-electron chi connectivity index (χ1n) is 12.2. The van der Waals surface area contributed by atoms with Gasteiger partial charge in [0.2, 0.25) is 17.7 Å². The van der Waals surface area contributed by atoms with Gasteiger partial charge < -0.3 is 25.1 Å². The molecule has 37 heavy (non-hydrogen) atoms. The van der Waals surface area contributed by atoms with Gasteiger partial charge in [0, 0.05) is 31.4 Å². The summed E-state index contributed by atoms with van der Waals surface area (Å²) in [6.07, 6.45) is 2.02. The van der Waals surface area contributed by atoms with Crippen molar-refractivity contribution in [2.45, 2.75) is 38.8 Å². The monoisotopic (exact) mass is 499 g/mol. The molecule has 1 aliphatic rings. The van der Waals surface area contributed by atoms with Gasteiger partial charge in [-0.1, -0.05) is 50.2 Å². The van der Waals surface area contributed by atoms with E-state index in [9.17, 15) is 9.90 Å². The first kappa shape index (κ1) is 24.4. The third-order valence-electron chi connectivity index (χ3n) is 6.29. The quantitative estimate of drug-likeness (QED) is 0.329. The average molecular weight is 500 g/mol. The van der Waals surface area contributed by atoms with Gasteiger partial charge in [0.15, 0.2) is 0 Å². The molecule has 2 aromatic heterocycles. The fraction of sp³-hybridized carbons (Fsp3) is 0.296. The highest BCUT2D eigenvalue weighted by Gasteiger charge is 2.22. The second-order valence-electron chi connectivity index (χ2n) is 9.38. The zero-order valence-corrected chi connectivity index (χ0v) is 21.0. The molecule has 0 radical (unpaired) electrons. The van der Waals surface area contributed by atoms with E-state index in [0.717, 1.165) is 22.4 Å². The van der Waals surface area contributed by atoms with Crippen LogP contribution in [0.3, 0.4) is 0 Å². The van der Waals surface area contributed by atoms with E-state index in [1.54, 1.807) is 18.1 Å². The van der Waals surface area contributed by atoms with Crippen molar-refractivity contribution in [3.05, 3.63) is 77.3 Å². The molecule has 10 heteroatoms. The molecule has 4 aromatic rings. The minimum Gasteiger partial charge on any atom is -0.420 e. The summed E-state index contributed by atoms with van der Waals surface area (Å²) in [5, 5.41) is 25.1. The van der Waals surface area contributed by atoms with Crippen molar-refractivity contribution in [1.29, 1.82) is 0 Å². The molecule has 0 fully saturated rings. The molecule has 3 heterocycles. The number of amides is 1. The molecule has 0 saturated heterocycles. The lowest BCUT2D eigenvalue weighted by Crippen LogP contribution is -2.32. The first-order chi connectivity index (χ1) is 17.9. The molecule has 1 aliphatic heterocycles. The lowest BCUT2D eigenvalue weighted by atomic mass is 9.99. The summed E-state index contributed by atoms with van der Waals surface area (Å²) in [7, 11) is 1.80. The van der Waals surface area contributed by atoms with E-state index in [2.05, 4.69) is 25.8 Å². The number of benzene rings is 2. The predicted octanol–water partition coefficient (Wildman–Crippen LogP) is 4.05. The van der Waals surface area contributed by atoms with Gasteiger partial charge in [0.25, 0.3) is 5.89 Å². The van der Waals surface area contributed by atoms with E-state index in [1.807, 2.05) is 62.4 Å². The minimum atomic E-state index is -0.410. The molecular formula is C27H29N7O3. The van der Waals surface area contributed by atoms with Crippen molar-refractivity contribution in [2.75, 3.05) is 24.3 Å². The van der Waals surface area contributed by atoms with Gasteiger partial charge >= 0.3 is 0 Å². The Morgan fingerprint density at radius 3 is 2.65 bits per heavy atom. The summed E-state index contributed by atoms with van der Waals surface area (Å²) >= 11 is 0. The molecular weight excluding hydrogens is 470 g/mol. The first-order valence-corrected chi connectivity index (χ1v) is 12.2. The van der Waals surface area contributed by atoms with E-state index < -0.39 is 6.04 Å². The van der Waals surface area contributed by atoms with Crippen LogP contribution in [0.5, 0.6) is 0 Å². The fourth-order valence-electron chi connectivity index (χ4n) is 4.16. The molecule has 1 atom stereocenters. The zero-order valence-electron chi connectivity index (χ0n) is 21.0. The van der Waals surface area contributed by atoms with Gasteiger partial charge in [-0.25, -0.2) is 4.98 Å². The third-order valence-corrected chi connectivity index (χ3v) is 6.29. The number of aliphatic hydroxyl groups excluding tert-OH is 1. The molecule has 0 unspecified atom stereocenters. The summed E-state index contributed by atoms with van der Waals surface area (Å²) in [5.41, 5.74) is 4.36. The molecule has 190 valence electrons. The van der Waals surface area contributed by atoms with E-state index in [4.69, 9.17) is 9.40 Å². The Kier molecular flexibility index (Phi) is 6.82. The van der Waals surface area contributed by atoms with Crippen LogP contribution in [-0.2, 0) is 17.8 Å². The molecule has 0 saturated carbocycles. The molecule has 5 rings (SSSR count). The maximum atomic E-state index is 12.0. The minimum absolute atomic E-state index is 0.0763. The van der Waals surface area contributed by atoms with E-state index in [0.29, 0.717) is 42.1 Å². The second kappa shape index (κ2) is 10.4. The van der Waals surface area contributed by atoms with E-state index in [1.165, 1.54) is 0 Å². The number of nitrogens with zero attached hydrogens (tertiary/aromatic N) is 5. The van der Waals surface area contributed by atoms with Crippen molar-refractivity contribution in [1.82, 2.24) is 25.1 Å². The Morgan fingerprint density at radius 2 is 1.92 bits per heavy atom. The molecule has 10 nitrogen and oxygen atoms in total. The molecule has 0 aliphatic carbocycles. The summed E-state index contributed by atoms with van der Waals surface area (Å²) in [5.74, 6) is 1.81. The van der Waals surface area contributed by atoms with Crippen molar-refractivity contribution in [2.24, 2.45) is 0 Å². The van der Waals surface area contributed by atoms with Crippen molar-refractivity contribution >= 4 is 23.4 Å². The highest BCUT2D eigenvalue weighted by Crippen LogP contribution is 2.31. The van der Waals surface area contributed by atoms with Gasteiger partial charge in [-0.2, -0.15) is 4.98 Å². The number of aromatic nitrogens is 4. The van der Waals surface area contributed by atoms with Crippen LogP contribution >= 0.6 is 0 Å². The lowest BCUT2D eigenvalue weighted by molar-refractivity contribution is -0.130. The van der Waals surface area contributed by atoms with Crippen LogP contribution in [0.4, 0.5) is 17.5 Å². The van der Waals surface area contributed by atoms with Crippen molar-refractivity contribution in [3.63, 3.8) is 0 Å². The van der Waals surface area contributed by atoms with Crippen LogP contribution in [0.25, 0.3) is 11.5 Å². The van der Waals surface area contributed by atoms with Gasteiger partial charge in [-0.05, 0) is 28.8 Å². The van der Waals surface area contributed by atoms with Crippen molar-refractivity contribution < 1.29 is 14.3 Å². The number of aliphatic hydroxyl groups is 1. The van der Waals surface area contributed by atoms with Crippen LogP contribution in [0.1, 0.15) is 48.4 Å². The summed E-state index contributed by atoms with van der Waals surface area (Å²) in [4.78, 5) is 22.9. The number of anilines is 3. The molecule has 1 amide bonds. The number of carbonyl (C=O) groups excluding carboxylic acids is 1. The summed E-state index contributed by atoms with van der Waals surface area (Å²) in [6.45, 7) is 4.36. The van der Waals surface area contributed by atoms with Gasteiger partial charge in [0.1, 0.15) is 5.82 Å².